The van der Waals surface area contributed by atoms with Gasteiger partial charge in [0.25, 0.3) is 0 Å². The molecule has 3 rings (SSSR count). The Morgan fingerprint density at radius 2 is 2.12 bits per heavy atom. The summed E-state index contributed by atoms with van der Waals surface area (Å²) in [5, 5.41) is 2.98. The van der Waals surface area contributed by atoms with E-state index in [1.54, 1.807) is 11.9 Å². The standard InChI is InChI=1S/C18H25N3O3/c1-13-5-6-15(14(2)9-13)19-16(22)10-21-8-4-7-18(12-21)11-20(3)17(23)24-18/h5-6,9H,4,7-8,10-12H2,1-3H3,(H,19,22)/t18-/m0/s1. The Morgan fingerprint density at radius 1 is 1.33 bits per heavy atom. The number of nitrogens with zero attached hydrogens (tertiary/aromatic N) is 2. The van der Waals surface area contributed by atoms with E-state index in [2.05, 4.69) is 16.3 Å². The number of hydrogen-bond donors (Lipinski definition) is 1. The van der Waals surface area contributed by atoms with E-state index in [1.165, 1.54) is 5.56 Å². The van der Waals surface area contributed by atoms with Crippen molar-refractivity contribution in [1.29, 1.82) is 0 Å². The van der Waals surface area contributed by atoms with Gasteiger partial charge < -0.3 is 15.0 Å². The predicted octanol–water partition coefficient (Wildman–Crippen LogP) is 2.16. The average Bonchev–Trinajstić information content (AvgIpc) is 2.76. The van der Waals surface area contributed by atoms with Gasteiger partial charge in [-0.2, -0.15) is 0 Å². The maximum absolute atomic E-state index is 12.4. The minimum Gasteiger partial charge on any atom is -0.440 e. The first-order chi connectivity index (χ1) is 11.4. The van der Waals surface area contributed by atoms with E-state index in [0.717, 1.165) is 30.6 Å². The molecule has 0 radical (unpaired) electrons. The lowest BCUT2D eigenvalue weighted by molar-refractivity contribution is -0.118. The van der Waals surface area contributed by atoms with E-state index in [-0.39, 0.29) is 12.0 Å². The van der Waals surface area contributed by atoms with Crippen molar-refractivity contribution in [3.05, 3.63) is 29.3 Å². The number of carbonyl (C=O) groups is 2. The molecule has 1 aromatic rings. The lowest BCUT2D eigenvalue weighted by Crippen LogP contribution is -2.52. The molecule has 24 heavy (non-hydrogen) atoms. The molecule has 130 valence electrons. The molecule has 0 bridgehead atoms. The quantitative estimate of drug-likeness (QED) is 0.922. The molecule has 0 aliphatic carbocycles. The van der Waals surface area contributed by atoms with Gasteiger partial charge in [-0.3, -0.25) is 9.69 Å². The smallest absolute Gasteiger partial charge is 0.410 e. The van der Waals surface area contributed by atoms with E-state index in [4.69, 9.17) is 4.74 Å². The van der Waals surface area contributed by atoms with Gasteiger partial charge in [0.15, 0.2) is 0 Å². The molecule has 2 amide bonds. The molecule has 2 heterocycles. The van der Waals surface area contributed by atoms with Crippen LogP contribution in [0.15, 0.2) is 18.2 Å². The number of anilines is 1. The molecule has 2 saturated heterocycles. The second kappa shape index (κ2) is 6.43. The normalized spacial score (nSPS) is 24.3. The largest absolute Gasteiger partial charge is 0.440 e. The summed E-state index contributed by atoms with van der Waals surface area (Å²) in [6.45, 7) is 6.40. The SMILES string of the molecule is Cc1ccc(NC(=O)CN2CCC[C@@]3(C2)CN(C)C(=O)O3)c(C)c1. The van der Waals surface area contributed by atoms with Crippen LogP contribution < -0.4 is 5.32 Å². The number of benzene rings is 1. The molecule has 6 nitrogen and oxygen atoms in total. The number of hydrogen-bond acceptors (Lipinski definition) is 4. The average molecular weight is 331 g/mol. The predicted molar refractivity (Wildman–Crippen MR) is 92.1 cm³/mol. The summed E-state index contributed by atoms with van der Waals surface area (Å²) in [5.41, 5.74) is 2.63. The van der Waals surface area contributed by atoms with Crippen molar-refractivity contribution in [2.75, 3.05) is 38.5 Å². The Morgan fingerprint density at radius 3 is 2.79 bits per heavy atom. The van der Waals surface area contributed by atoms with Crippen LogP contribution in [0.4, 0.5) is 10.5 Å². The number of nitrogens with one attached hydrogen (secondary N) is 1. The first kappa shape index (κ1) is 16.8. The first-order valence-electron chi connectivity index (χ1n) is 8.40. The molecule has 1 spiro atoms. The number of likely N-dealkylation sites (N-methyl/N-ethyl adjacent to an activating group) is 1. The molecular formula is C18H25N3O3. The fourth-order valence-electron chi connectivity index (χ4n) is 3.68. The highest BCUT2D eigenvalue weighted by Crippen LogP contribution is 2.31. The van der Waals surface area contributed by atoms with Gasteiger partial charge in [0.2, 0.25) is 5.91 Å². The third-order valence-electron chi connectivity index (χ3n) is 4.78. The van der Waals surface area contributed by atoms with Crippen molar-refractivity contribution in [3.8, 4) is 0 Å². The number of ether oxygens (including phenoxy) is 1. The van der Waals surface area contributed by atoms with Crippen molar-refractivity contribution < 1.29 is 14.3 Å². The van der Waals surface area contributed by atoms with Gasteiger partial charge in [0, 0.05) is 19.3 Å². The molecule has 2 fully saturated rings. The molecule has 1 atom stereocenters. The zero-order chi connectivity index (χ0) is 17.3. The highest BCUT2D eigenvalue weighted by molar-refractivity contribution is 5.93. The highest BCUT2D eigenvalue weighted by atomic mass is 16.6. The third kappa shape index (κ3) is 3.53. The van der Waals surface area contributed by atoms with E-state index in [9.17, 15) is 9.59 Å². The van der Waals surface area contributed by atoms with Crippen LogP contribution in [0.5, 0.6) is 0 Å². The third-order valence-corrected chi connectivity index (χ3v) is 4.78. The van der Waals surface area contributed by atoms with Crippen molar-refractivity contribution in [2.45, 2.75) is 32.3 Å². The van der Waals surface area contributed by atoms with Crippen LogP contribution >= 0.6 is 0 Å². The topological polar surface area (TPSA) is 61.9 Å². The van der Waals surface area contributed by atoms with Crippen LogP contribution in [0.3, 0.4) is 0 Å². The Bertz CT molecular complexity index is 661. The maximum atomic E-state index is 12.4. The summed E-state index contributed by atoms with van der Waals surface area (Å²) in [4.78, 5) is 27.8. The van der Waals surface area contributed by atoms with Crippen LogP contribution in [-0.2, 0) is 9.53 Å². The molecule has 2 aliphatic rings. The summed E-state index contributed by atoms with van der Waals surface area (Å²) in [6.07, 6.45) is 1.52. The number of piperidine rings is 1. The van der Waals surface area contributed by atoms with Gasteiger partial charge in [-0.25, -0.2) is 4.79 Å². The number of carbonyl (C=O) groups excluding carboxylic acids is 2. The van der Waals surface area contributed by atoms with E-state index in [1.807, 2.05) is 26.0 Å². The minimum absolute atomic E-state index is 0.0309. The Balaban J connectivity index is 1.59. The van der Waals surface area contributed by atoms with Gasteiger partial charge in [-0.05, 0) is 44.9 Å². The van der Waals surface area contributed by atoms with Gasteiger partial charge in [0.1, 0.15) is 5.60 Å². The summed E-state index contributed by atoms with van der Waals surface area (Å²) in [5.74, 6) is -0.0309. The van der Waals surface area contributed by atoms with Gasteiger partial charge in [-0.15, -0.1) is 0 Å². The van der Waals surface area contributed by atoms with Crippen molar-refractivity contribution >= 4 is 17.7 Å². The molecule has 2 aliphatic heterocycles. The first-order valence-corrected chi connectivity index (χ1v) is 8.40. The van der Waals surface area contributed by atoms with Crippen LogP contribution in [0.25, 0.3) is 0 Å². The molecule has 1 aromatic carbocycles. The lowest BCUT2D eigenvalue weighted by atomic mass is 9.93. The second-order valence-electron chi connectivity index (χ2n) is 7.09. The number of amides is 2. The summed E-state index contributed by atoms with van der Waals surface area (Å²) in [6, 6.07) is 5.99. The van der Waals surface area contributed by atoms with Crippen molar-refractivity contribution in [2.24, 2.45) is 0 Å². The number of rotatable bonds is 3. The number of aryl methyl sites for hydroxylation is 2. The summed E-state index contributed by atoms with van der Waals surface area (Å²) < 4.78 is 5.58. The monoisotopic (exact) mass is 331 g/mol. The summed E-state index contributed by atoms with van der Waals surface area (Å²) >= 11 is 0. The van der Waals surface area contributed by atoms with Crippen LogP contribution in [0.1, 0.15) is 24.0 Å². The molecule has 1 N–H and O–H groups in total. The zero-order valence-electron chi connectivity index (χ0n) is 14.6. The Labute approximate surface area is 142 Å². The van der Waals surface area contributed by atoms with Crippen molar-refractivity contribution in [3.63, 3.8) is 0 Å². The van der Waals surface area contributed by atoms with Gasteiger partial charge in [0.05, 0.1) is 13.1 Å². The maximum Gasteiger partial charge on any atom is 0.410 e. The zero-order valence-corrected chi connectivity index (χ0v) is 14.6. The molecule has 0 saturated carbocycles. The molecular weight excluding hydrogens is 306 g/mol. The minimum atomic E-state index is -0.454. The van der Waals surface area contributed by atoms with E-state index < -0.39 is 5.60 Å². The second-order valence-corrected chi connectivity index (χ2v) is 7.09. The Hall–Kier alpha value is -2.08. The molecule has 0 unspecified atom stereocenters. The highest BCUT2D eigenvalue weighted by Gasteiger charge is 2.46. The van der Waals surface area contributed by atoms with Crippen LogP contribution in [0.2, 0.25) is 0 Å². The number of likely N-dealkylation sites (tertiary alicyclic amines) is 1. The van der Waals surface area contributed by atoms with E-state index >= 15 is 0 Å². The van der Waals surface area contributed by atoms with E-state index in [0.29, 0.717) is 19.6 Å². The van der Waals surface area contributed by atoms with Crippen LogP contribution in [0, 0.1) is 13.8 Å². The van der Waals surface area contributed by atoms with Gasteiger partial charge >= 0.3 is 6.09 Å². The fraction of sp³-hybridized carbons (Fsp3) is 0.556. The fourth-order valence-corrected chi connectivity index (χ4v) is 3.68. The molecule has 0 aromatic heterocycles. The lowest BCUT2D eigenvalue weighted by Gasteiger charge is -2.37. The molecule has 6 heteroatoms. The van der Waals surface area contributed by atoms with Crippen molar-refractivity contribution in [1.82, 2.24) is 9.80 Å². The van der Waals surface area contributed by atoms with Crippen LogP contribution in [-0.4, -0.2) is 60.6 Å². The Kier molecular flexibility index (Phi) is 4.49. The van der Waals surface area contributed by atoms with Gasteiger partial charge in [-0.1, -0.05) is 17.7 Å². The summed E-state index contributed by atoms with van der Waals surface area (Å²) in [7, 11) is 1.75.